The Morgan fingerprint density at radius 1 is 1.42 bits per heavy atom. The minimum absolute atomic E-state index is 0.0921. The maximum absolute atomic E-state index is 12.6. The summed E-state index contributed by atoms with van der Waals surface area (Å²) in [5.41, 5.74) is 0. The van der Waals surface area contributed by atoms with Crippen LogP contribution in [0, 0.1) is 5.92 Å². The van der Waals surface area contributed by atoms with Gasteiger partial charge in [0, 0.05) is 18.8 Å². The van der Waals surface area contributed by atoms with Crippen LogP contribution in [0.2, 0.25) is 0 Å². The van der Waals surface area contributed by atoms with E-state index in [-0.39, 0.29) is 24.5 Å². The summed E-state index contributed by atoms with van der Waals surface area (Å²) in [7, 11) is 0. The van der Waals surface area contributed by atoms with Crippen LogP contribution in [0.1, 0.15) is 25.7 Å². The van der Waals surface area contributed by atoms with Crippen molar-refractivity contribution in [2.45, 2.75) is 31.6 Å². The predicted octanol–water partition coefficient (Wildman–Crippen LogP) is 2.57. The minimum Gasteiger partial charge on any atom is -0.295 e. The van der Waals surface area contributed by atoms with Crippen LogP contribution in [0.5, 0.6) is 0 Å². The molecule has 0 unspecified atom stereocenters. The summed E-state index contributed by atoms with van der Waals surface area (Å²) < 4.78 is 25.2. The molecule has 0 amide bonds. The molecule has 3 heteroatoms. The number of halogens is 2. The SMILES string of the molecule is C=CC(=O)C1CCC(F)(F)CC1. The molecule has 68 valence electrons. The van der Waals surface area contributed by atoms with Gasteiger partial charge in [-0.05, 0) is 18.9 Å². The topological polar surface area (TPSA) is 17.1 Å². The summed E-state index contributed by atoms with van der Waals surface area (Å²) in [6.45, 7) is 3.34. The van der Waals surface area contributed by atoms with E-state index < -0.39 is 5.92 Å². The van der Waals surface area contributed by atoms with E-state index in [9.17, 15) is 13.6 Å². The van der Waals surface area contributed by atoms with Gasteiger partial charge < -0.3 is 0 Å². The molecule has 0 N–H and O–H groups in total. The Labute approximate surface area is 70.5 Å². The summed E-state index contributed by atoms with van der Waals surface area (Å²) in [4.78, 5) is 11.0. The molecule has 0 aromatic heterocycles. The Balaban J connectivity index is 2.46. The third kappa shape index (κ3) is 2.13. The Morgan fingerprint density at radius 2 is 1.92 bits per heavy atom. The molecule has 1 aliphatic rings. The highest BCUT2D eigenvalue weighted by Crippen LogP contribution is 2.36. The number of ketones is 1. The highest BCUT2D eigenvalue weighted by molar-refractivity contribution is 5.91. The first-order chi connectivity index (χ1) is 5.55. The van der Waals surface area contributed by atoms with Crippen molar-refractivity contribution < 1.29 is 13.6 Å². The summed E-state index contributed by atoms with van der Waals surface area (Å²) in [5.74, 6) is -2.84. The average Bonchev–Trinajstić information content (AvgIpc) is 2.03. The highest BCUT2D eigenvalue weighted by atomic mass is 19.3. The van der Waals surface area contributed by atoms with E-state index in [0.29, 0.717) is 12.8 Å². The second-order valence-electron chi connectivity index (χ2n) is 3.24. The number of carbonyl (C=O) groups excluding carboxylic acids is 1. The number of rotatable bonds is 2. The van der Waals surface area contributed by atoms with Gasteiger partial charge in [0.05, 0.1) is 0 Å². The van der Waals surface area contributed by atoms with Gasteiger partial charge in [0.1, 0.15) is 0 Å². The zero-order valence-electron chi connectivity index (χ0n) is 6.85. The monoisotopic (exact) mass is 174 g/mol. The van der Waals surface area contributed by atoms with Crippen LogP contribution < -0.4 is 0 Å². The number of allylic oxidation sites excluding steroid dienone is 1. The van der Waals surface area contributed by atoms with Crippen molar-refractivity contribution in [3.05, 3.63) is 12.7 Å². The van der Waals surface area contributed by atoms with Gasteiger partial charge in [-0.1, -0.05) is 6.58 Å². The molecule has 12 heavy (non-hydrogen) atoms. The summed E-state index contributed by atoms with van der Waals surface area (Å²) in [5, 5.41) is 0. The molecule has 1 rings (SSSR count). The molecule has 0 aromatic rings. The third-order valence-electron chi connectivity index (χ3n) is 2.32. The first-order valence-electron chi connectivity index (χ1n) is 4.09. The lowest BCUT2D eigenvalue weighted by molar-refractivity contribution is -0.122. The van der Waals surface area contributed by atoms with Gasteiger partial charge in [-0.3, -0.25) is 4.79 Å². The van der Waals surface area contributed by atoms with Gasteiger partial charge in [0.15, 0.2) is 5.78 Å². The minimum atomic E-state index is -2.54. The lowest BCUT2D eigenvalue weighted by Gasteiger charge is -2.26. The first kappa shape index (κ1) is 9.36. The Kier molecular flexibility index (Phi) is 2.60. The van der Waals surface area contributed by atoms with E-state index >= 15 is 0 Å². The van der Waals surface area contributed by atoms with E-state index in [4.69, 9.17) is 0 Å². The normalized spacial score (nSPS) is 23.5. The van der Waals surface area contributed by atoms with Crippen molar-refractivity contribution in [2.75, 3.05) is 0 Å². The van der Waals surface area contributed by atoms with Crippen molar-refractivity contribution in [3.63, 3.8) is 0 Å². The zero-order chi connectivity index (χ0) is 9.19. The Bertz CT molecular complexity index is 189. The molecule has 0 heterocycles. The van der Waals surface area contributed by atoms with Crippen molar-refractivity contribution in [3.8, 4) is 0 Å². The van der Waals surface area contributed by atoms with E-state index in [1.54, 1.807) is 0 Å². The lowest BCUT2D eigenvalue weighted by Crippen LogP contribution is -2.27. The van der Waals surface area contributed by atoms with Crippen molar-refractivity contribution >= 4 is 5.78 Å². The molecular weight excluding hydrogens is 162 g/mol. The van der Waals surface area contributed by atoms with Crippen molar-refractivity contribution in [2.24, 2.45) is 5.92 Å². The van der Waals surface area contributed by atoms with Crippen LogP contribution in [0.3, 0.4) is 0 Å². The lowest BCUT2D eigenvalue weighted by atomic mass is 9.84. The maximum Gasteiger partial charge on any atom is 0.248 e. The number of hydrogen-bond acceptors (Lipinski definition) is 1. The van der Waals surface area contributed by atoms with Gasteiger partial charge in [-0.15, -0.1) is 0 Å². The van der Waals surface area contributed by atoms with Gasteiger partial charge >= 0.3 is 0 Å². The summed E-state index contributed by atoms with van der Waals surface area (Å²) in [6.07, 6.45) is 1.53. The third-order valence-corrected chi connectivity index (χ3v) is 2.32. The molecule has 0 spiro atoms. The van der Waals surface area contributed by atoms with Crippen molar-refractivity contribution in [1.82, 2.24) is 0 Å². The fourth-order valence-electron chi connectivity index (χ4n) is 1.49. The van der Waals surface area contributed by atoms with Gasteiger partial charge in [-0.2, -0.15) is 0 Å². The van der Waals surface area contributed by atoms with E-state index in [2.05, 4.69) is 6.58 Å². The molecule has 1 aliphatic carbocycles. The molecule has 0 bridgehead atoms. The van der Waals surface area contributed by atoms with Crippen molar-refractivity contribution in [1.29, 1.82) is 0 Å². The van der Waals surface area contributed by atoms with Crippen LogP contribution in [0.4, 0.5) is 8.78 Å². The van der Waals surface area contributed by atoms with Crippen LogP contribution in [0.15, 0.2) is 12.7 Å². The van der Waals surface area contributed by atoms with Crippen LogP contribution in [-0.2, 0) is 4.79 Å². The summed E-state index contributed by atoms with van der Waals surface area (Å²) >= 11 is 0. The predicted molar refractivity (Wildman–Crippen MR) is 42.1 cm³/mol. The smallest absolute Gasteiger partial charge is 0.248 e. The number of alkyl halides is 2. The number of carbonyl (C=O) groups is 1. The quantitative estimate of drug-likeness (QED) is 0.588. The van der Waals surface area contributed by atoms with Gasteiger partial charge in [0.2, 0.25) is 5.92 Å². The Morgan fingerprint density at radius 3 is 2.33 bits per heavy atom. The molecule has 1 nitrogen and oxygen atoms in total. The molecular formula is C9H12F2O. The van der Waals surface area contributed by atoms with Gasteiger partial charge in [-0.25, -0.2) is 8.78 Å². The van der Waals surface area contributed by atoms with E-state index in [1.807, 2.05) is 0 Å². The molecule has 0 atom stereocenters. The second-order valence-corrected chi connectivity index (χ2v) is 3.24. The molecule has 1 saturated carbocycles. The van der Waals surface area contributed by atoms with Crippen LogP contribution in [0.25, 0.3) is 0 Å². The second kappa shape index (κ2) is 3.33. The summed E-state index contributed by atoms with van der Waals surface area (Å²) in [6, 6.07) is 0. The molecule has 1 fully saturated rings. The Hall–Kier alpha value is -0.730. The zero-order valence-corrected chi connectivity index (χ0v) is 6.85. The van der Waals surface area contributed by atoms with E-state index in [0.717, 1.165) is 0 Å². The standard InChI is InChI=1S/C9H12F2O/c1-2-8(12)7-3-5-9(10,11)6-4-7/h2,7H,1,3-6H2. The molecule has 0 aliphatic heterocycles. The fourth-order valence-corrected chi connectivity index (χ4v) is 1.49. The highest BCUT2D eigenvalue weighted by Gasteiger charge is 2.36. The van der Waals surface area contributed by atoms with Crippen LogP contribution in [-0.4, -0.2) is 11.7 Å². The fraction of sp³-hybridized carbons (Fsp3) is 0.667. The first-order valence-corrected chi connectivity index (χ1v) is 4.09. The van der Waals surface area contributed by atoms with Crippen LogP contribution >= 0.6 is 0 Å². The number of hydrogen-bond donors (Lipinski definition) is 0. The van der Waals surface area contributed by atoms with E-state index in [1.165, 1.54) is 6.08 Å². The molecule has 0 saturated heterocycles. The average molecular weight is 174 g/mol. The maximum atomic E-state index is 12.6. The van der Waals surface area contributed by atoms with Gasteiger partial charge in [0.25, 0.3) is 0 Å². The molecule has 0 radical (unpaired) electrons. The molecule has 0 aromatic carbocycles. The largest absolute Gasteiger partial charge is 0.295 e.